The van der Waals surface area contributed by atoms with Crippen molar-refractivity contribution in [2.45, 2.75) is 6.54 Å². The summed E-state index contributed by atoms with van der Waals surface area (Å²) in [6.07, 6.45) is 0. The van der Waals surface area contributed by atoms with E-state index in [0.29, 0.717) is 16.7 Å². The Hall–Kier alpha value is -2.34. The molecular formula is C15H13BrN2O3. The summed E-state index contributed by atoms with van der Waals surface area (Å²) >= 11 is 3.27. The van der Waals surface area contributed by atoms with Gasteiger partial charge in [0.2, 0.25) is 0 Å². The van der Waals surface area contributed by atoms with E-state index in [4.69, 9.17) is 5.11 Å². The Morgan fingerprint density at radius 3 is 2.48 bits per heavy atom. The average Bonchev–Trinajstić information content (AvgIpc) is 2.48. The smallest absolute Gasteiger partial charge is 0.335 e. The molecule has 0 aliphatic carbocycles. The minimum atomic E-state index is -1.05. The van der Waals surface area contributed by atoms with E-state index in [-0.39, 0.29) is 5.56 Å². The van der Waals surface area contributed by atoms with Crippen molar-refractivity contribution in [3.63, 3.8) is 0 Å². The maximum absolute atomic E-state index is 11.8. The number of anilines is 1. The lowest BCUT2D eigenvalue weighted by Crippen LogP contribution is -2.28. The van der Waals surface area contributed by atoms with Crippen molar-refractivity contribution >= 4 is 33.6 Å². The Kier molecular flexibility index (Phi) is 4.94. The summed E-state index contributed by atoms with van der Waals surface area (Å²) in [5.41, 5.74) is 1.49. The first kappa shape index (κ1) is 15.1. The number of carboxylic acids is 1. The zero-order chi connectivity index (χ0) is 15.2. The van der Waals surface area contributed by atoms with Crippen LogP contribution in [0.1, 0.15) is 15.9 Å². The Balaban J connectivity index is 1.99. The van der Waals surface area contributed by atoms with Crippen molar-refractivity contribution in [2.75, 3.05) is 5.32 Å². The number of nitrogens with one attached hydrogen (secondary N) is 2. The number of hydrogen-bond donors (Lipinski definition) is 3. The molecular weight excluding hydrogens is 336 g/mol. The SMILES string of the molecule is O=C(NCc1ccccc1)Nc1cc(C(=O)O)ccc1Br. The van der Waals surface area contributed by atoms with Crippen LogP contribution in [0.4, 0.5) is 10.5 Å². The van der Waals surface area contributed by atoms with Crippen LogP contribution < -0.4 is 10.6 Å². The van der Waals surface area contributed by atoms with Crippen LogP contribution in [0.15, 0.2) is 53.0 Å². The third-order valence-electron chi connectivity index (χ3n) is 2.76. The molecule has 108 valence electrons. The molecule has 0 bridgehead atoms. The quantitative estimate of drug-likeness (QED) is 0.791. The third-order valence-corrected chi connectivity index (χ3v) is 3.45. The number of rotatable bonds is 4. The van der Waals surface area contributed by atoms with E-state index in [9.17, 15) is 9.59 Å². The number of hydrogen-bond acceptors (Lipinski definition) is 2. The van der Waals surface area contributed by atoms with Crippen molar-refractivity contribution in [3.8, 4) is 0 Å². The first-order valence-corrected chi connectivity index (χ1v) is 6.97. The van der Waals surface area contributed by atoms with E-state index in [1.807, 2.05) is 30.3 Å². The molecule has 0 aromatic heterocycles. The van der Waals surface area contributed by atoms with E-state index in [1.165, 1.54) is 12.1 Å². The van der Waals surface area contributed by atoms with E-state index in [2.05, 4.69) is 26.6 Å². The summed E-state index contributed by atoms with van der Waals surface area (Å²) in [6, 6.07) is 13.5. The highest BCUT2D eigenvalue weighted by molar-refractivity contribution is 9.10. The number of carbonyl (C=O) groups is 2. The molecule has 0 fully saturated rings. The third kappa shape index (κ3) is 4.32. The number of aromatic carboxylic acids is 1. The molecule has 5 nitrogen and oxygen atoms in total. The van der Waals surface area contributed by atoms with Crippen molar-refractivity contribution in [1.29, 1.82) is 0 Å². The lowest BCUT2D eigenvalue weighted by molar-refractivity contribution is 0.0697. The fourth-order valence-corrected chi connectivity index (χ4v) is 2.04. The van der Waals surface area contributed by atoms with Gasteiger partial charge < -0.3 is 15.7 Å². The van der Waals surface area contributed by atoms with Gasteiger partial charge in [-0.3, -0.25) is 0 Å². The molecule has 0 spiro atoms. The molecule has 0 saturated heterocycles. The molecule has 0 aliphatic heterocycles. The van der Waals surface area contributed by atoms with E-state index < -0.39 is 12.0 Å². The summed E-state index contributed by atoms with van der Waals surface area (Å²) in [5, 5.41) is 14.3. The van der Waals surface area contributed by atoms with Gasteiger partial charge in [0.05, 0.1) is 11.3 Å². The Bertz CT molecular complexity index is 659. The van der Waals surface area contributed by atoms with Crippen LogP contribution >= 0.6 is 15.9 Å². The topological polar surface area (TPSA) is 78.4 Å². The fourth-order valence-electron chi connectivity index (χ4n) is 1.70. The van der Waals surface area contributed by atoms with Gasteiger partial charge in [-0.05, 0) is 39.7 Å². The van der Waals surface area contributed by atoms with E-state index in [0.717, 1.165) is 5.56 Å². The number of carboxylic acid groups (broad SMARTS) is 1. The summed E-state index contributed by atoms with van der Waals surface area (Å²) < 4.78 is 0.613. The highest BCUT2D eigenvalue weighted by Gasteiger charge is 2.09. The summed E-state index contributed by atoms with van der Waals surface area (Å²) in [6.45, 7) is 0.392. The van der Waals surface area contributed by atoms with Crippen molar-refractivity contribution in [3.05, 3.63) is 64.1 Å². The van der Waals surface area contributed by atoms with Gasteiger partial charge in [-0.15, -0.1) is 0 Å². The van der Waals surface area contributed by atoms with Crippen LogP contribution in [-0.2, 0) is 6.54 Å². The van der Waals surface area contributed by atoms with Crippen LogP contribution in [0.2, 0.25) is 0 Å². The molecule has 0 heterocycles. The molecule has 2 aromatic carbocycles. The van der Waals surface area contributed by atoms with Gasteiger partial charge in [-0.25, -0.2) is 9.59 Å². The van der Waals surface area contributed by atoms with Gasteiger partial charge in [-0.2, -0.15) is 0 Å². The molecule has 0 atom stereocenters. The second-order valence-corrected chi connectivity index (χ2v) is 5.15. The van der Waals surface area contributed by atoms with Crippen LogP contribution in [0, 0.1) is 0 Å². The lowest BCUT2D eigenvalue weighted by Gasteiger charge is -2.10. The van der Waals surface area contributed by atoms with Crippen molar-refractivity contribution in [2.24, 2.45) is 0 Å². The molecule has 0 unspecified atom stereocenters. The number of carbonyl (C=O) groups excluding carboxylic acids is 1. The maximum Gasteiger partial charge on any atom is 0.335 e. The number of halogens is 1. The van der Waals surface area contributed by atoms with Crippen LogP contribution in [0.3, 0.4) is 0 Å². The van der Waals surface area contributed by atoms with Crippen LogP contribution in [0.5, 0.6) is 0 Å². The van der Waals surface area contributed by atoms with Gasteiger partial charge >= 0.3 is 12.0 Å². The van der Waals surface area contributed by atoms with Gasteiger partial charge in [0.1, 0.15) is 0 Å². The second-order valence-electron chi connectivity index (χ2n) is 4.29. The van der Waals surface area contributed by atoms with E-state index in [1.54, 1.807) is 6.07 Å². The maximum atomic E-state index is 11.8. The number of benzene rings is 2. The largest absolute Gasteiger partial charge is 0.478 e. The molecule has 0 radical (unpaired) electrons. The van der Waals surface area contributed by atoms with Crippen LogP contribution in [-0.4, -0.2) is 17.1 Å². The van der Waals surface area contributed by atoms with Gasteiger partial charge in [0, 0.05) is 11.0 Å². The van der Waals surface area contributed by atoms with Gasteiger partial charge in [0.25, 0.3) is 0 Å². The first-order valence-electron chi connectivity index (χ1n) is 6.18. The van der Waals surface area contributed by atoms with Crippen molar-refractivity contribution < 1.29 is 14.7 Å². The average molecular weight is 349 g/mol. The molecule has 2 aromatic rings. The summed E-state index contributed by atoms with van der Waals surface area (Å²) in [4.78, 5) is 22.7. The summed E-state index contributed by atoms with van der Waals surface area (Å²) in [7, 11) is 0. The van der Waals surface area contributed by atoms with Crippen molar-refractivity contribution in [1.82, 2.24) is 5.32 Å². The number of amides is 2. The first-order chi connectivity index (χ1) is 10.1. The molecule has 6 heteroatoms. The Morgan fingerprint density at radius 2 is 1.81 bits per heavy atom. The minimum absolute atomic E-state index is 0.108. The Labute approximate surface area is 130 Å². The van der Waals surface area contributed by atoms with Gasteiger partial charge in [-0.1, -0.05) is 30.3 Å². The lowest BCUT2D eigenvalue weighted by atomic mass is 10.2. The molecule has 21 heavy (non-hydrogen) atoms. The highest BCUT2D eigenvalue weighted by atomic mass is 79.9. The van der Waals surface area contributed by atoms with Crippen LogP contribution in [0.25, 0.3) is 0 Å². The fraction of sp³-hybridized carbons (Fsp3) is 0.0667. The minimum Gasteiger partial charge on any atom is -0.478 e. The molecule has 0 aliphatic rings. The molecule has 0 saturated carbocycles. The zero-order valence-electron chi connectivity index (χ0n) is 11.0. The Morgan fingerprint density at radius 1 is 1.10 bits per heavy atom. The van der Waals surface area contributed by atoms with E-state index >= 15 is 0 Å². The molecule has 2 amide bonds. The highest BCUT2D eigenvalue weighted by Crippen LogP contribution is 2.23. The predicted molar refractivity (Wildman–Crippen MR) is 83.4 cm³/mol. The summed E-state index contributed by atoms with van der Waals surface area (Å²) in [5.74, 6) is -1.05. The normalized spacial score (nSPS) is 9.95. The number of urea groups is 1. The monoisotopic (exact) mass is 348 g/mol. The second kappa shape index (κ2) is 6.90. The molecule has 2 rings (SSSR count). The van der Waals surface area contributed by atoms with Gasteiger partial charge in [0.15, 0.2) is 0 Å². The molecule has 3 N–H and O–H groups in total. The predicted octanol–water partition coefficient (Wildman–Crippen LogP) is 3.47. The zero-order valence-corrected chi connectivity index (χ0v) is 12.6. The standard InChI is InChI=1S/C15H13BrN2O3/c16-12-7-6-11(14(19)20)8-13(12)18-15(21)17-9-10-4-2-1-3-5-10/h1-8H,9H2,(H,19,20)(H2,17,18,21).